The second-order valence-corrected chi connectivity index (χ2v) is 8.09. The van der Waals surface area contributed by atoms with Crippen molar-refractivity contribution in [1.82, 2.24) is 20.4 Å². The van der Waals surface area contributed by atoms with Crippen LogP contribution in [-0.2, 0) is 12.8 Å². The summed E-state index contributed by atoms with van der Waals surface area (Å²) in [6.07, 6.45) is 6.60. The topological polar surface area (TPSA) is 59.0 Å². The molecule has 0 spiro atoms. The molecule has 2 N–H and O–H groups in total. The van der Waals surface area contributed by atoms with E-state index in [0.29, 0.717) is 11.6 Å². The molecule has 0 bridgehead atoms. The third kappa shape index (κ3) is 4.26. The molecule has 1 atom stereocenters. The van der Waals surface area contributed by atoms with Gasteiger partial charge < -0.3 is 10.6 Å². The Hall–Kier alpha value is -1.85. The minimum atomic E-state index is -0.0135. The van der Waals surface area contributed by atoms with Gasteiger partial charge in [0.05, 0.1) is 5.69 Å². The summed E-state index contributed by atoms with van der Waals surface area (Å²) in [4.78, 5) is 12.8. The van der Waals surface area contributed by atoms with Gasteiger partial charge in [0, 0.05) is 17.8 Å². The Bertz CT molecular complexity index is 839. The highest BCUT2D eigenvalue weighted by molar-refractivity contribution is 5.94. The van der Waals surface area contributed by atoms with Crippen LogP contribution in [0, 0.1) is 19.8 Å². The van der Waals surface area contributed by atoms with E-state index < -0.39 is 0 Å². The fraction of sp³-hybridized carbons (Fsp3) is 0.545. The number of nitrogens with zero attached hydrogens (tertiary/aromatic N) is 2. The van der Waals surface area contributed by atoms with Crippen molar-refractivity contribution in [1.29, 1.82) is 0 Å². The average Bonchev–Trinajstić information content (AvgIpc) is 3.26. The molecule has 2 aromatic rings. The van der Waals surface area contributed by atoms with Gasteiger partial charge in [0.15, 0.2) is 5.69 Å². The predicted molar refractivity (Wildman–Crippen MR) is 115 cm³/mol. The molecular formula is C22H31ClN4O. The standard InChI is InChI=1S/C22H30N4O.ClH/c1-15-8-9-19(16(2)13-15)26-20-7-3-6-18(20)21(25-26)22(27)24-12-10-17-5-4-11-23-14-17;/h8-9,13,17,23H,3-7,10-12,14H2,1-2H3,(H,24,27);1H. The summed E-state index contributed by atoms with van der Waals surface area (Å²) in [5, 5.41) is 11.3. The molecule has 1 amide bonds. The van der Waals surface area contributed by atoms with Crippen LogP contribution in [-0.4, -0.2) is 35.3 Å². The summed E-state index contributed by atoms with van der Waals surface area (Å²) < 4.78 is 2.01. The van der Waals surface area contributed by atoms with E-state index >= 15 is 0 Å². The van der Waals surface area contributed by atoms with Crippen LogP contribution in [0.1, 0.15) is 58.6 Å². The highest BCUT2D eigenvalue weighted by atomic mass is 35.5. The number of hydrogen-bond acceptors (Lipinski definition) is 3. The zero-order valence-corrected chi connectivity index (χ0v) is 17.7. The molecule has 1 saturated heterocycles. The number of halogens is 1. The van der Waals surface area contributed by atoms with Crippen molar-refractivity contribution >= 4 is 18.3 Å². The van der Waals surface area contributed by atoms with E-state index in [2.05, 4.69) is 42.7 Å². The number of rotatable bonds is 5. The molecule has 1 aromatic heterocycles. The third-order valence-corrected chi connectivity index (χ3v) is 5.96. The lowest BCUT2D eigenvalue weighted by Gasteiger charge is -2.22. The molecule has 0 radical (unpaired) electrons. The molecule has 1 fully saturated rings. The Kier molecular flexibility index (Phi) is 6.78. The van der Waals surface area contributed by atoms with E-state index in [4.69, 9.17) is 5.10 Å². The fourth-order valence-corrected chi connectivity index (χ4v) is 4.51. The Labute approximate surface area is 173 Å². The van der Waals surface area contributed by atoms with Crippen molar-refractivity contribution in [2.75, 3.05) is 19.6 Å². The number of hydrogen-bond donors (Lipinski definition) is 2. The van der Waals surface area contributed by atoms with E-state index in [1.807, 2.05) is 4.68 Å². The van der Waals surface area contributed by atoms with Gasteiger partial charge in [0.1, 0.15) is 0 Å². The number of benzene rings is 1. The van der Waals surface area contributed by atoms with Crippen LogP contribution >= 0.6 is 12.4 Å². The second kappa shape index (κ2) is 9.10. The highest BCUT2D eigenvalue weighted by Crippen LogP contribution is 2.29. The van der Waals surface area contributed by atoms with Crippen LogP contribution in [0.2, 0.25) is 0 Å². The molecule has 28 heavy (non-hydrogen) atoms. The van der Waals surface area contributed by atoms with Crippen LogP contribution in [0.15, 0.2) is 18.2 Å². The van der Waals surface area contributed by atoms with Gasteiger partial charge in [-0.05, 0) is 83.0 Å². The molecule has 1 aromatic carbocycles. The Morgan fingerprint density at radius 2 is 2.14 bits per heavy atom. The Morgan fingerprint density at radius 3 is 2.89 bits per heavy atom. The van der Waals surface area contributed by atoms with Gasteiger partial charge >= 0.3 is 0 Å². The quantitative estimate of drug-likeness (QED) is 0.804. The third-order valence-electron chi connectivity index (χ3n) is 5.96. The maximum atomic E-state index is 12.8. The van der Waals surface area contributed by atoms with E-state index in [9.17, 15) is 4.79 Å². The summed E-state index contributed by atoms with van der Waals surface area (Å²) in [6, 6.07) is 6.41. The lowest BCUT2D eigenvalue weighted by Crippen LogP contribution is -2.33. The lowest BCUT2D eigenvalue weighted by molar-refractivity contribution is 0.0944. The number of aryl methyl sites for hydroxylation is 2. The number of fused-ring (bicyclic) bond motifs is 1. The van der Waals surface area contributed by atoms with Gasteiger partial charge in [-0.25, -0.2) is 4.68 Å². The molecule has 1 unspecified atom stereocenters. The molecule has 6 heteroatoms. The van der Waals surface area contributed by atoms with Gasteiger partial charge in [-0.2, -0.15) is 5.10 Å². The fourth-order valence-electron chi connectivity index (χ4n) is 4.51. The minimum Gasteiger partial charge on any atom is -0.351 e. The highest BCUT2D eigenvalue weighted by Gasteiger charge is 2.27. The van der Waals surface area contributed by atoms with Crippen molar-refractivity contribution in [3.05, 3.63) is 46.3 Å². The predicted octanol–water partition coefficient (Wildman–Crippen LogP) is 3.52. The monoisotopic (exact) mass is 402 g/mol. The number of piperidine rings is 1. The maximum Gasteiger partial charge on any atom is 0.272 e. The first-order valence-corrected chi connectivity index (χ1v) is 10.3. The zero-order valence-electron chi connectivity index (χ0n) is 16.9. The first kappa shape index (κ1) is 20.9. The molecule has 5 nitrogen and oxygen atoms in total. The number of nitrogens with one attached hydrogen (secondary N) is 2. The summed E-state index contributed by atoms with van der Waals surface area (Å²) in [7, 11) is 0. The lowest BCUT2D eigenvalue weighted by atomic mass is 9.96. The zero-order chi connectivity index (χ0) is 18.8. The van der Waals surface area contributed by atoms with E-state index in [0.717, 1.165) is 56.6 Å². The summed E-state index contributed by atoms with van der Waals surface area (Å²) in [6.45, 7) is 7.15. The smallest absolute Gasteiger partial charge is 0.272 e. The number of carbonyl (C=O) groups is 1. The van der Waals surface area contributed by atoms with Gasteiger partial charge in [-0.15, -0.1) is 12.4 Å². The number of aromatic nitrogens is 2. The van der Waals surface area contributed by atoms with Crippen LogP contribution in [0.5, 0.6) is 0 Å². The molecule has 0 saturated carbocycles. The maximum absolute atomic E-state index is 12.8. The van der Waals surface area contributed by atoms with E-state index in [-0.39, 0.29) is 18.3 Å². The van der Waals surface area contributed by atoms with Crippen molar-refractivity contribution in [3.8, 4) is 5.69 Å². The number of carbonyl (C=O) groups excluding carboxylic acids is 1. The van der Waals surface area contributed by atoms with Gasteiger partial charge in [0.2, 0.25) is 0 Å². The second-order valence-electron chi connectivity index (χ2n) is 8.09. The van der Waals surface area contributed by atoms with Crippen molar-refractivity contribution in [3.63, 3.8) is 0 Å². The molecular weight excluding hydrogens is 372 g/mol. The molecule has 1 aliphatic carbocycles. The van der Waals surface area contributed by atoms with Gasteiger partial charge in [-0.1, -0.05) is 17.7 Å². The summed E-state index contributed by atoms with van der Waals surface area (Å²) >= 11 is 0. The summed E-state index contributed by atoms with van der Waals surface area (Å²) in [5.74, 6) is 0.665. The van der Waals surface area contributed by atoms with Crippen molar-refractivity contribution in [2.45, 2.75) is 52.4 Å². The summed E-state index contributed by atoms with van der Waals surface area (Å²) in [5.41, 5.74) is 6.52. The minimum absolute atomic E-state index is 0. The van der Waals surface area contributed by atoms with E-state index in [1.54, 1.807) is 0 Å². The molecule has 1 aliphatic heterocycles. The van der Waals surface area contributed by atoms with Crippen LogP contribution in [0.25, 0.3) is 5.69 Å². The van der Waals surface area contributed by atoms with Crippen molar-refractivity contribution in [2.24, 2.45) is 5.92 Å². The average molecular weight is 403 g/mol. The van der Waals surface area contributed by atoms with Crippen LogP contribution < -0.4 is 10.6 Å². The Morgan fingerprint density at radius 1 is 1.29 bits per heavy atom. The van der Waals surface area contributed by atoms with E-state index in [1.165, 1.54) is 29.7 Å². The first-order chi connectivity index (χ1) is 13.1. The largest absolute Gasteiger partial charge is 0.351 e. The van der Waals surface area contributed by atoms with Crippen LogP contribution in [0.3, 0.4) is 0 Å². The molecule has 4 rings (SSSR count). The Balaban J connectivity index is 0.00000225. The van der Waals surface area contributed by atoms with Gasteiger partial charge in [-0.3, -0.25) is 4.79 Å². The molecule has 2 heterocycles. The normalized spacial score (nSPS) is 18.4. The SMILES string of the molecule is Cc1ccc(-n2nc(C(=O)NCCC3CCCNC3)c3c2CCC3)c(C)c1.Cl. The first-order valence-electron chi connectivity index (χ1n) is 10.3. The molecule has 152 valence electrons. The molecule has 2 aliphatic rings. The van der Waals surface area contributed by atoms with Crippen LogP contribution in [0.4, 0.5) is 0 Å². The van der Waals surface area contributed by atoms with Gasteiger partial charge in [0.25, 0.3) is 5.91 Å². The van der Waals surface area contributed by atoms with Crippen molar-refractivity contribution < 1.29 is 4.79 Å². The number of amides is 1.